The van der Waals surface area contributed by atoms with E-state index in [1.54, 1.807) is 7.11 Å². The van der Waals surface area contributed by atoms with Crippen molar-refractivity contribution >= 4 is 5.96 Å². The fraction of sp³-hybridized carbons (Fsp3) is 0.478. The van der Waals surface area contributed by atoms with Gasteiger partial charge in [0.15, 0.2) is 11.8 Å². The highest BCUT2D eigenvalue weighted by molar-refractivity contribution is 5.79. The van der Waals surface area contributed by atoms with Gasteiger partial charge in [-0.05, 0) is 30.5 Å². The summed E-state index contributed by atoms with van der Waals surface area (Å²) in [6.07, 6.45) is 2.08. The molecule has 0 atom stereocenters. The monoisotopic (exact) mass is 438 g/mol. The van der Waals surface area contributed by atoms with Crippen LogP contribution >= 0.6 is 0 Å². The minimum atomic E-state index is 0.355. The van der Waals surface area contributed by atoms with E-state index in [0.717, 1.165) is 34.6 Å². The molecular weight excluding hydrogens is 404 g/mol. The Hall–Kier alpha value is -3.36. The van der Waals surface area contributed by atoms with Crippen LogP contribution in [0.1, 0.15) is 48.2 Å². The average molecular weight is 439 g/mol. The van der Waals surface area contributed by atoms with Crippen LogP contribution in [0.4, 0.5) is 0 Å². The molecule has 0 spiro atoms. The summed E-state index contributed by atoms with van der Waals surface area (Å²) in [6, 6.07) is 7.97. The van der Waals surface area contributed by atoms with E-state index in [1.165, 1.54) is 5.56 Å². The van der Waals surface area contributed by atoms with Gasteiger partial charge in [-0.3, -0.25) is 4.68 Å². The van der Waals surface area contributed by atoms with Crippen LogP contribution in [-0.2, 0) is 33.7 Å². The Labute approximate surface area is 190 Å². The molecule has 3 rings (SSSR count). The van der Waals surface area contributed by atoms with E-state index < -0.39 is 0 Å². The van der Waals surface area contributed by atoms with Crippen molar-refractivity contribution in [1.29, 1.82) is 0 Å². The van der Waals surface area contributed by atoms with Gasteiger partial charge in [0.05, 0.1) is 25.9 Å². The van der Waals surface area contributed by atoms with Gasteiger partial charge in [-0.2, -0.15) is 5.10 Å². The molecule has 172 valence electrons. The minimum absolute atomic E-state index is 0.355. The molecule has 9 heteroatoms. The lowest BCUT2D eigenvalue weighted by atomic mass is 10.1. The van der Waals surface area contributed by atoms with Crippen molar-refractivity contribution in [2.45, 2.75) is 46.3 Å². The first kappa shape index (κ1) is 23.3. The lowest BCUT2D eigenvalue weighted by molar-refractivity contribution is 0.414. The van der Waals surface area contributed by atoms with Gasteiger partial charge in [0.25, 0.3) is 0 Å². The summed E-state index contributed by atoms with van der Waals surface area (Å²) in [5.74, 6) is 3.72. The molecule has 9 nitrogen and oxygen atoms in total. The number of nitrogens with zero attached hydrogens (tertiary/aromatic N) is 7. The molecule has 3 aromatic rings. The van der Waals surface area contributed by atoms with E-state index in [1.807, 2.05) is 61.6 Å². The van der Waals surface area contributed by atoms with E-state index in [2.05, 4.69) is 45.6 Å². The highest BCUT2D eigenvalue weighted by Crippen LogP contribution is 2.19. The third-order valence-corrected chi connectivity index (χ3v) is 5.41. The maximum Gasteiger partial charge on any atom is 0.194 e. The summed E-state index contributed by atoms with van der Waals surface area (Å²) in [5, 5.41) is 16.5. The molecule has 2 heterocycles. The van der Waals surface area contributed by atoms with Crippen LogP contribution < -0.4 is 10.1 Å². The van der Waals surface area contributed by atoms with E-state index in [4.69, 9.17) is 9.73 Å². The second-order valence-corrected chi connectivity index (χ2v) is 8.29. The van der Waals surface area contributed by atoms with Crippen molar-refractivity contribution in [3.8, 4) is 5.75 Å². The molecule has 0 aliphatic heterocycles. The number of hydrogen-bond donors (Lipinski definition) is 1. The Kier molecular flexibility index (Phi) is 7.50. The highest BCUT2D eigenvalue weighted by atomic mass is 16.5. The lowest BCUT2D eigenvalue weighted by Gasteiger charge is -2.23. The maximum atomic E-state index is 5.25. The van der Waals surface area contributed by atoms with Gasteiger partial charge in [0.2, 0.25) is 0 Å². The first-order valence-electron chi connectivity index (χ1n) is 10.8. The molecule has 32 heavy (non-hydrogen) atoms. The number of aryl methyl sites for hydroxylation is 2. The summed E-state index contributed by atoms with van der Waals surface area (Å²) in [5.41, 5.74) is 3.41. The van der Waals surface area contributed by atoms with Crippen LogP contribution in [0, 0.1) is 6.92 Å². The molecular formula is C23H34N8O. The zero-order valence-corrected chi connectivity index (χ0v) is 20.1. The number of aromatic nitrogens is 5. The summed E-state index contributed by atoms with van der Waals surface area (Å²) in [4.78, 5) is 7.01. The van der Waals surface area contributed by atoms with Crippen molar-refractivity contribution in [3.05, 3.63) is 58.9 Å². The van der Waals surface area contributed by atoms with Crippen LogP contribution in [0.2, 0.25) is 0 Å². The Morgan fingerprint density at radius 1 is 1.19 bits per heavy atom. The molecule has 0 saturated heterocycles. The number of hydrogen-bond acceptors (Lipinski definition) is 5. The van der Waals surface area contributed by atoms with Crippen molar-refractivity contribution in [2.75, 3.05) is 14.2 Å². The predicted molar refractivity (Wildman–Crippen MR) is 125 cm³/mol. The van der Waals surface area contributed by atoms with Gasteiger partial charge in [0, 0.05) is 39.4 Å². The van der Waals surface area contributed by atoms with Gasteiger partial charge in [-0.1, -0.05) is 26.0 Å². The number of ether oxygens (including phenoxy) is 1. The highest BCUT2D eigenvalue weighted by Gasteiger charge is 2.16. The molecule has 1 aromatic carbocycles. The van der Waals surface area contributed by atoms with Crippen molar-refractivity contribution < 1.29 is 4.74 Å². The molecule has 0 bridgehead atoms. The summed E-state index contributed by atoms with van der Waals surface area (Å²) >= 11 is 0. The molecule has 0 unspecified atom stereocenters. The van der Waals surface area contributed by atoms with E-state index in [9.17, 15) is 0 Å². The minimum Gasteiger partial charge on any atom is -0.497 e. The molecule has 0 aliphatic carbocycles. The van der Waals surface area contributed by atoms with E-state index in [-0.39, 0.29) is 0 Å². The smallest absolute Gasteiger partial charge is 0.194 e. The number of methoxy groups -OCH3 is 1. The van der Waals surface area contributed by atoms with Crippen LogP contribution in [0.15, 0.2) is 35.5 Å². The first-order valence-corrected chi connectivity index (χ1v) is 10.8. The Morgan fingerprint density at radius 2 is 1.91 bits per heavy atom. The zero-order valence-electron chi connectivity index (χ0n) is 20.1. The Morgan fingerprint density at radius 3 is 2.50 bits per heavy atom. The van der Waals surface area contributed by atoms with Crippen molar-refractivity contribution in [3.63, 3.8) is 0 Å². The largest absolute Gasteiger partial charge is 0.497 e. The van der Waals surface area contributed by atoms with Crippen molar-refractivity contribution in [1.82, 2.24) is 34.8 Å². The normalized spacial score (nSPS) is 11.8. The quantitative estimate of drug-likeness (QED) is 0.430. The van der Waals surface area contributed by atoms with Gasteiger partial charge in [-0.15, -0.1) is 10.2 Å². The fourth-order valence-corrected chi connectivity index (χ4v) is 3.46. The second kappa shape index (κ2) is 10.3. The Balaban J connectivity index is 1.80. The third kappa shape index (κ3) is 5.66. The molecule has 1 N–H and O–H groups in total. The summed E-state index contributed by atoms with van der Waals surface area (Å²) in [7, 11) is 7.64. The number of guanidine groups is 1. The first-order chi connectivity index (χ1) is 15.3. The number of aliphatic imine (C=N–C) groups is 1. The number of rotatable bonds is 8. The van der Waals surface area contributed by atoms with E-state index in [0.29, 0.717) is 25.6 Å². The van der Waals surface area contributed by atoms with Gasteiger partial charge in [-0.25, -0.2) is 4.99 Å². The predicted octanol–water partition coefficient (Wildman–Crippen LogP) is 2.77. The fourth-order valence-electron chi connectivity index (χ4n) is 3.46. The van der Waals surface area contributed by atoms with Crippen LogP contribution in [-0.4, -0.2) is 49.6 Å². The maximum absolute atomic E-state index is 5.25. The molecule has 2 aromatic heterocycles. The second-order valence-electron chi connectivity index (χ2n) is 8.29. The van der Waals surface area contributed by atoms with Gasteiger partial charge >= 0.3 is 0 Å². The van der Waals surface area contributed by atoms with Gasteiger partial charge in [0.1, 0.15) is 11.6 Å². The molecule has 0 fully saturated rings. The topological polar surface area (TPSA) is 85.4 Å². The molecule has 0 amide bonds. The van der Waals surface area contributed by atoms with Gasteiger partial charge < -0.3 is 19.5 Å². The number of benzene rings is 1. The third-order valence-electron chi connectivity index (χ3n) is 5.41. The van der Waals surface area contributed by atoms with Crippen LogP contribution in [0.5, 0.6) is 5.75 Å². The lowest BCUT2D eigenvalue weighted by Crippen LogP contribution is -2.38. The standard InChI is InChI=1S/C23H34N8O/c1-16(2)22-19(15-30(5)28-22)14-29(4)23(25-13-21-27-26-17(3)31(21)6)24-12-18-8-10-20(32-7)11-9-18/h8-11,15-16H,12-14H2,1-7H3,(H,24,25). The van der Waals surface area contributed by atoms with Crippen molar-refractivity contribution in [2.24, 2.45) is 19.1 Å². The molecule has 0 aliphatic rings. The van der Waals surface area contributed by atoms with Crippen LogP contribution in [0.25, 0.3) is 0 Å². The average Bonchev–Trinajstić information content (AvgIpc) is 3.30. The van der Waals surface area contributed by atoms with E-state index >= 15 is 0 Å². The molecule has 0 radical (unpaired) electrons. The summed E-state index contributed by atoms with van der Waals surface area (Å²) in [6.45, 7) is 8.06. The number of nitrogens with one attached hydrogen (secondary N) is 1. The molecule has 0 saturated carbocycles. The Bertz CT molecular complexity index is 1050. The summed E-state index contributed by atoms with van der Waals surface area (Å²) < 4.78 is 9.11. The SMILES string of the molecule is COc1ccc(CN=C(NCc2nnc(C)n2C)N(C)Cc2cn(C)nc2C(C)C)cc1. The zero-order chi connectivity index (χ0) is 23.3. The van der Waals surface area contributed by atoms with Crippen LogP contribution in [0.3, 0.4) is 0 Å².